The van der Waals surface area contributed by atoms with E-state index in [0.717, 1.165) is 12.1 Å². The van der Waals surface area contributed by atoms with Crippen molar-refractivity contribution in [2.75, 3.05) is 0 Å². The standard InChI is InChI=1S/C23H20F3NO2/c1-15(2)23(27-17-9-11-19(24)21(26)13-17)28-14-16-8-10-20(25)22(12-16)29-18-6-4-3-5-7-18/h3-13,15H,14H2,1-2H3. The van der Waals surface area contributed by atoms with Gasteiger partial charge in [0.1, 0.15) is 12.4 Å². The van der Waals surface area contributed by atoms with Crippen molar-refractivity contribution in [1.82, 2.24) is 0 Å². The highest BCUT2D eigenvalue weighted by Gasteiger charge is 2.11. The molecule has 0 saturated heterocycles. The predicted molar refractivity (Wildman–Crippen MR) is 106 cm³/mol. The number of halogens is 3. The van der Waals surface area contributed by atoms with E-state index in [4.69, 9.17) is 9.47 Å². The van der Waals surface area contributed by atoms with Gasteiger partial charge in [0.25, 0.3) is 0 Å². The molecule has 6 heteroatoms. The molecule has 0 N–H and O–H groups in total. The van der Waals surface area contributed by atoms with Gasteiger partial charge in [-0.25, -0.2) is 18.2 Å². The van der Waals surface area contributed by atoms with Crippen LogP contribution in [-0.4, -0.2) is 5.90 Å². The fraction of sp³-hybridized carbons (Fsp3) is 0.174. The number of aliphatic imine (C=N–C) groups is 1. The molecule has 3 rings (SSSR count). The highest BCUT2D eigenvalue weighted by molar-refractivity contribution is 5.81. The molecule has 0 radical (unpaired) electrons. The van der Waals surface area contributed by atoms with Gasteiger partial charge in [-0.2, -0.15) is 0 Å². The van der Waals surface area contributed by atoms with E-state index in [1.54, 1.807) is 36.4 Å². The molecular weight excluding hydrogens is 379 g/mol. The lowest BCUT2D eigenvalue weighted by atomic mass is 10.2. The van der Waals surface area contributed by atoms with E-state index >= 15 is 0 Å². The van der Waals surface area contributed by atoms with Crippen molar-refractivity contribution in [2.45, 2.75) is 20.5 Å². The molecule has 0 aromatic heterocycles. The second kappa shape index (κ2) is 9.28. The van der Waals surface area contributed by atoms with Gasteiger partial charge >= 0.3 is 0 Å². The van der Waals surface area contributed by atoms with Gasteiger partial charge in [0, 0.05) is 12.0 Å². The summed E-state index contributed by atoms with van der Waals surface area (Å²) in [6.07, 6.45) is 0. The van der Waals surface area contributed by atoms with Crippen molar-refractivity contribution < 1.29 is 22.6 Å². The van der Waals surface area contributed by atoms with Crippen molar-refractivity contribution in [1.29, 1.82) is 0 Å². The van der Waals surface area contributed by atoms with E-state index in [1.165, 1.54) is 12.1 Å². The topological polar surface area (TPSA) is 30.8 Å². The lowest BCUT2D eigenvalue weighted by Gasteiger charge is -2.14. The maximum atomic E-state index is 14.1. The Morgan fingerprint density at radius 2 is 1.59 bits per heavy atom. The second-order valence-electron chi connectivity index (χ2n) is 6.67. The molecule has 3 nitrogen and oxygen atoms in total. The molecule has 0 unspecified atom stereocenters. The van der Waals surface area contributed by atoms with Crippen molar-refractivity contribution in [3.63, 3.8) is 0 Å². The number of para-hydroxylation sites is 1. The Labute approximate surface area is 167 Å². The van der Waals surface area contributed by atoms with Crippen LogP contribution in [0.4, 0.5) is 18.9 Å². The molecule has 0 saturated carbocycles. The molecule has 0 aliphatic rings. The van der Waals surface area contributed by atoms with E-state index < -0.39 is 17.5 Å². The molecule has 3 aromatic rings. The first kappa shape index (κ1) is 20.5. The molecule has 0 spiro atoms. The van der Waals surface area contributed by atoms with Crippen LogP contribution >= 0.6 is 0 Å². The summed E-state index contributed by atoms with van der Waals surface area (Å²) in [6.45, 7) is 3.85. The van der Waals surface area contributed by atoms with Gasteiger partial charge in [-0.15, -0.1) is 0 Å². The first-order valence-corrected chi connectivity index (χ1v) is 9.10. The SMILES string of the molecule is CC(C)C(=Nc1ccc(F)c(F)c1)OCc1ccc(F)c(Oc2ccccc2)c1. The third kappa shape index (κ3) is 5.60. The number of hydrogen-bond donors (Lipinski definition) is 0. The maximum Gasteiger partial charge on any atom is 0.191 e. The number of rotatable bonds is 6. The predicted octanol–water partition coefficient (Wildman–Crippen LogP) is 6.80. The summed E-state index contributed by atoms with van der Waals surface area (Å²) < 4.78 is 51.9. The molecule has 0 amide bonds. The van der Waals surface area contributed by atoms with Gasteiger partial charge in [0.2, 0.25) is 0 Å². The van der Waals surface area contributed by atoms with Crippen LogP contribution < -0.4 is 4.74 Å². The number of ether oxygens (including phenoxy) is 2. The van der Waals surface area contributed by atoms with Crippen LogP contribution in [-0.2, 0) is 11.3 Å². The van der Waals surface area contributed by atoms with Crippen molar-refractivity contribution >= 4 is 11.6 Å². The van der Waals surface area contributed by atoms with Crippen LogP contribution in [0.3, 0.4) is 0 Å². The normalized spacial score (nSPS) is 11.6. The molecule has 3 aromatic carbocycles. The van der Waals surface area contributed by atoms with Gasteiger partial charge in [-0.05, 0) is 42.0 Å². The van der Waals surface area contributed by atoms with Crippen LogP contribution in [0.25, 0.3) is 0 Å². The third-order valence-electron chi connectivity index (χ3n) is 3.99. The summed E-state index contributed by atoms with van der Waals surface area (Å²) in [6, 6.07) is 16.7. The van der Waals surface area contributed by atoms with Crippen LogP contribution in [0.2, 0.25) is 0 Å². The lowest BCUT2D eigenvalue weighted by molar-refractivity contribution is 0.273. The Morgan fingerprint density at radius 3 is 2.28 bits per heavy atom. The van der Waals surface area contributed by atoms with Crippen molar-refractivity contribution in [3.8, 4) is 11.5 Å². The van der Waals surface area contributed by atoms with E-state index in [-0.39, 0.29) is 24.0 Å². The second-order valence-corrected chi connectivity index (χ2v) is 6.67. The monoisotopic (exact) mass is 399 g/mol. The Kier molecular flexibility index (Phi) is 6.54. The minimum absolute atomic E-state index is 0.0842. The van der Waals surface area contributed by atoms with Crippen LogP contribution in [0.15, 0.2) is 71.7 Å². The highest BCUT2D eigenvalue weighted by atomic mass is 19.2. The Hall–Kier alpha value is -3.28. The highest BCUT2D eigenvalue weighted by Crippen LogP contribution is 2.26. The largest absolute Gasteiger partial charge is 0.476 e. The van der Waals surface area contributed by atoms with Gasteiger partial charge in [0.15, 0.2) is 29.1 Å². The summed E-state index contributed by atoms with van der Waals surface area (Å²) in [5, 5.41) is 0. The molecule has 29 heavy (non-hydrogen) atoms. The molecule has 150 valence electrons. The molecule has 0 bridgehead atoms. The zero-order valence-electron chi connectivity index (χ0n) is 16.0. The Balaban J connectivity index is 1.75. The Bertz CT molecular complexity index is 1000. The molecule has 0 aliphatic heterocycles. The minimum atomic E-state index is -0.976. The molecular formula is C23H20F3NO2. The van der Waals surface area contributed by atoms with E-state index in [2.05, 4.69) is 4.99 Å². The zero-order chi connectivity index (χ0) is 20.8. The third-order valence-corrected chi connectivity index (χ3v) is 3.99. The summed E-state index contributed by atoms with van der Waals surface area (Å²) in [7, 11) is 0. The van der Waals surface area contributed by atoms with E-state index in [0.29, 0.717) is 17.2 Å². The number of benzene rings is 3. The molecule has 0 heterocycles. The van der Waals surface area contributed by atoms with E-state index in [9.17, 15) is 13.2 Å². The quantitative estimate of drug-likeness (QED) is 0.337. The van der Waals surface area contributed by atoms with Crippen molar-refractivity contribution in [2.24, 2.45) is 10.9 Å². The van der Waals surface area contributed by atoms with Gasteiger partial charge < -0.3 is 9.47 Å². The summed E-state index contributed by atoms with van der Waals surface area (Å²) in [5.41, 5.74) is 0.927. The molecule has 0 atom stereocenters. The van der Waals surface area contributed by atoms with E-state index in [1.807, 2.05) is 19.9 Å². The van der Waals surface area contributed by atoms with Crippen LogP contribution in [0, 0.1) is 23.4 Å². The number of hydrogen-bond acceptors (Lipinski definition) is 3. The first-order chi connectivity index (χ1) is 13.9. The smallest absolute Gasteiger partial charge is 0.191 e. The first-order valence-electron chi connectivity index (χ1n) is 9.10. The Morgan fingerprint density at radius 1 is 0.862 bits per heavy atom. The van der Waals surface area contributed by atoms with Crippen LogP contribution in [0.5, 0.6) is 11.5 Å². The van der Waals surface area contributed by atoms with Gasteiger partial charge in [-0.3, -0.25) is 0 Å². The average Bonchev–Trinajstić information content (AvgIpc) is 2.70. The van der Waals surface area contributed by atoms with Crippen molar-refractivity contribution in [3.05, 3.63) is 89.7 Å². The fourth-order valence-corrected chi connectivity index (χ4v) is 2.50. The molecule has 0 aliphatic carbocycles. The summed E-state index contributed by atoms with van der Waals surface area (Å²) in [4.78, 5) is 4.27. The van der Waals surface area contributed by atoms with Gasteiger partial charge in [-0.1, -0.05) is 38.1 Å². The van der Waals surface area contributed by atoms with Crippen LogP contribution in [0.1, 0.15) is 19.4 Å². The average molecular weight is 399 g/mol. The van der Waals surface area contributed by atoms with Gasteiger partial charge in [0.05, 0.1) is 5.69 Å². The molecule has 0 fully saturated rings. The summed E-state index contributed by atoms with van der Waals surface area (Å²) in [5.74, 6) is -1.54. The number of nitrogens with zero attached hydrogens (tertiary/aromatic N) is 1. The fourth-order valence-electron chi connectivity index (χ4n) is 2.50. The zero-order valence-corrected chi connectivity index (χ0v) is 16.0. The lowest BCUT2D eigenvalue weighted by Crippen LogP contribution is -2.12. The summed E-state index contributed by atoms with van der Waals surface area (Å²) >= 11 is 0. The minimum Gasteiger partial charge on any atom is -0.476 e. The maximum absolute atomic E-state index is 14.1.